The summed E-state index contributed by atoms with van der Waals surface area (Å²) in [5.74, 6) is 6.16. The summed E-state index contributed by atoms with van der Waals surface area (Å²) >= 11 is 0. The van der Waals surface area contributed by atoms with Gasteiger partial charge in [-0.05, 0) is 12.8 Å². The van der Waals surface area contributed by atoms with Crippen LogP contribution in [0.25, 0.3) is 0 Å². The van der Waals surface area contributed by atoms with Gasteiger partial charge in [0.2, 0.25) is 0 Å². The smallest absolute Gasteiger partial charge is 0.00886 e. The Bertz CT molecular complexity index is 103. The maximum absolute atomic E-state index is 3.76. The first-order chi connectivity index (χ1) is 4.91. The van der Waals surface area contributed by atoms with Crippen molar-refractivity contribution >= 4 is 0 Å². The Hall–Kier alpha value is -0.440. The Balaban J connectivity index is 2.96. The van der Waals surface area contributed by atoms with E-state index in [0.29, 0.717) is 0 Å². The molecule has 56 valence electrons. The lowest BCUT2D eigenvalue weighted by atomic mass is 10.2. The fraction of sp³-hybridized carbons (Fsp3) is 0.600. The monoisotopic (exact) mass is 136 g/mol. The molecule has 0 rings (SSSR count). The standard InChI is InChI=1S/C10H16/c1-3-5-7-9-10-8-6-4-2/h1-7,9H2. The maximum Gasteiger partial charge on any atom is 0.00886 e. The minimum atomic E-state index is 0.933. The van der Waals surface area contributed by atoms with Crippen molar-refractivity contribution in [3.63, 3.8) is 0 Å². The molecule has 0 heterocycles. The molecular formula is C10H16. The van der Waals surface area contributed by atoms with Crippen molar-refractivity contribution in [2.45, 2.75) is 38.5 Å². The fourth-order valence-corrected chi connectivity index (χ4v) is 0.655. The molecule has 0 aromatic carbocycles. The Labute approximate surface area is 65.0 Å². The molecule has 0 saturated heterocycles. The maximum atomic E-state index is 3.76. The van der Waals surface area contributed by atoms with Gasteiger partial charge in [-0.2, -0.15) is 0 Å². The Morgan fingerprint density at radius 1 is 0.800 bits per heavy atom. The summed E-state index contributed by atoms with van der Waals surface area (Å²) in [4.78, 5) is 0. The van der Waals surface area contributed by atoms with Crippen LogP contribution in [0.5, 0.6) is 0 Å². The van der Waals surface area contributed by atoms with Crippen LogP contribution < -0.4 is 0 Å². The zero-order valence-electron chi connectivity index (χ0n) is 6.66. The summed E-state index contributed by atoms with van der Waals surface area (Å²) in [6, 6.07) is 0. The molecule has 10 heavy (non-hydrogen) atoms. The Kier molecular flexibility index (Phi) is 8.18. The van der Waals surface area contributed by atoms with Gasteiger partial charge < -0.3 is 0 Å². The third-order valence-electron chi connectivity index (χ3n) is 1.23. The number of hydrogen-bond donors (Lipinski definition) is 0. The van der Waals surface area contributed by atoms with Crippen molar-refractivity contribution in [2.75, 3.05) is 0 Å². The van der Waals surface area contributed by atoms with E-state index in [9.17, 15) is 0 Å². The van der Waals surface area contributed by atoms with Crippen LogP contribution in [0.4, 0.5) is 0 Å². The normalized spacial score (nSPS) is 8.60. The van der Waals surface area contributed by atoms with E-state index in [1.54, 1.807) is 0 Å². The summed E-state index contributed by atoms with van der Waals surface area (Å²) in [5, 5.41) is 0. The van der Waals surface area contributed by atoms with Crippen LogP contribution in [-0.4, -0.2) is 0 Å². The van der Waals surface area contributed by atoms with E-state index in [1.165, 1.54) is 12.8 Å². The largest absolute Gasteiger partial charge is 0.103 e. The second-order valence-electron chi connectivity index (χ2n) is 2.27. The quantitative estimate of drug-likeness (QED) is 0.411. The molecule has 0 aliphatic rings. The highest BCUT2D eigenvalue weighted by Gasteiger charge is 1.79. The summed E-state index contributed by atoms with van der Waals surface area (Å²) in [6.07, 6.45) is 6.37. The van der Waals surface area contributed by atoms with E-state index >= 15 is 0 Å². The van der Waals surface area contributed by atoms with Gasteiger partial charge in [0.25, 0.3) is 0 Å². The number of unbranched alkanes of at least 4 members (excludes halogenated alkanes) is 4. The molecule has 0 unspecified atom stereocenters. The molecular weight excluding hydrogens is 120 g/mol. The van der Waals surface area contributed by atoms with Crippen LogP contribution in [0, 0.1) is 25.7 Å². The first kappa shape index (κ1) is 9.56. The second-order valence-corrected chi connectivity index (χ2v) is 2.27. The predicted octanol–water partition coefficient (Wildman–Crippen LogP) is 3.00. The molecule has 0 aliphatic carbocycles. The SMILES string of the molecule is [CH2]CCC#CCCCC[CH2]. The molecule has 0 aliphatic heterocycles. The Morgan fingerprint density at radius 2 is 1.50 bits per heavy atom. The van der Waals surface area contributed by atoms with Crippen molar-refractivity contribution in [2.24, 2.45) is 0 Å². The molecule has 0 bridgehead atoms. The van der Waals surface area contributed by atoms with Gasteiger partial charge in [-0.15, -0.1) is 11.8 Å². The predicted molar refractivity (Wildman–Crippen MR) is 46.2 cm³/mol. The molecule has 0 aromatic rings. The molecule has 0 atom stereocenters. The minimum absolute atomic E-state index is 0.933. The fourth-order valence-electron chi connectivity index (χ4n) is 0.655. The van der Waals surface area contributed by atoms with Crippen molar-refractivity contribution in [1.29, 1.82) is 0 Å². The van der Waals surface area contributed by atoms with E-state index < -0.39 is 0 Å². The summed E-state index contributed by atoms with van der Waals surface area (Å²) in [5.41, 5.74) is 0. The van der Waals surface area contributed by atoms with E-state index in [-0.39, 0.29) is 0 Å². The first-order valence-corrected chi connectivity index (χ1v) is 3.96. The molecule has 0 amide bonds. The minimum Gasteiger partial charge on any atom is -0.103 e. The molecule has 0 saturated carbocycles. The zero-order valence-corrected chi connectivity index (χ0v) is 6.66. The van der Waals surface area contributed by atoms with Crippen LogP contribution in [0.1, 0.15) is 38.5 Å². The average molecular weight is 136 g/mol. The van der Waals surface area contributed by atoms with Crippen LogP contribution >= 0.6 is 0 Å². The van der Waals surface area contributed by atoms with Gasteiger partial charge in [0.05, 0.1) is 0 Å². The third-order valence-corrected chi connectivity index (χ3v) is 1.23. The number of hydrogen-bond acceptors (Lipinski definition) is 0. The van der Waals surface area contributed by atoms with E-state index in [0.717, 1.165) is 25.7 Å². The second kappa shape index (κ2) is 8.56. The van der Waals surface area contributed by atoms with E-state index in [4.69, 9.17) is 0 Å². The highest BCUT2D eigenvalue weighted by atomic mass is 13.8. The topological polar surface area (TPSA) is 0 Å². The van der Waals surface area contributed by atoms with Crippen molar-refractivity contribution in [3.05, 3.63) is 13.8 Å². The van der Waals surface area contributed by atoms with Gasteiger partial charge in [0.1, 0.15) is 0 Å². The van der Waals surface area contributed by atoms with Gasteiger partial charge in [0, 0.05) is 12.8 Å². The van der Waals surface area contributed by atoms with Gasteiger partial charge in [0.15, 0.2) is 0 Å². The summed E-state index contributed by atoms with van der Waals surface area (Å²) in [6.45, 7) is 7.47. The third kappa shape index (κ3) is 7.56. The molecule has 2 radical (unpaired) electrons. The van der Waals surface area contributed by atoms with E-state index in [1.807, 2.05) is 0 Å². The van der Waals surface area contributed by atoms with Crippen LogP contribution in [0.15, 0.2) is 0 Å². The lowest BCUT2D eigenvalue weighted by Gasteiger charge is -1.87. The van der Waals surface area contributed by atoms with Crippen molar-refractivity contribution in [3.8, 4) is 11.8 Å². The van der Waals surface area contributed by atoms with E-state index in [2.05, 4.69) is 25.7 Å². The van der Waals surface area contributed by atoms with Gasteiger partial charge >= 0.3 is 0 Å². The van der Waals surface area contributed by atoms with Crippen LogP contribution in [0.2, 0.25) is 0 Å². The molecule has 0 heteroatoms. The molecule has 0 spiro atoms. The van der Waals surface area contributed by atoms with Crippen LogP contribution in [-0.2, 0) is 0 Å². The van der Waals surface area contributed by atoms with Crippen molar-refractivity contribution in [1.82, 2.24) is 0 Å². The van der Waals surface area contributed by atoms with Gasteiger partial charge in [-0.25, -0.2) is 0 Å². The summed E-state index contributed by atoms with van der Waals surface area (Å²) in [7, 11) is 0. The Morgan fingerprint density at radius 3 is 2.10 bits per heavy atom. The van der Waals surface area contributed by atoms with Gasteiger partial charge in [-0.1, -0.05) is 26.7 Å². The van der Waals surface area contributed by atoms with Gasteiger partial charge in [-0.3, -0.25) is 0 Å². The molecule has 0 N–H and O–H groups in total. The first-order valence-electron chi connectivity index (χ1n) is 3.96. The number of rotatable bonds is 4. The van der Waals surface area contributed by atoms with Crippen LogP contribution in [0.3, 0.4) is 0 Å². The molecule has 0 nitrogen and oxygen atoms in total. The molecule has 0 aromatic heterocycles. The zero-order chi connectivity index (χ0) is 7.66. The molecule has 0 fully saturated rings. The summed E-state index contributed by atoms with van der Waals surface area (Å²) < 4.78 is 0. The highest BCUT2D eigenvalue weighted by molar-refractivity contribution is 4.98. The lowest BCUT2D eigenvalue weighted by Crippen LogP contribution is -1.71. The lowest BCUT2D eigenvalue weighted by molar-refractivity contribution is 0.770. The van der Waals surface area contributed by atoms with Crippen molar-refractivity contribution < 1.29 is 0 Å². The average Bonchev–Trinajstić information content (AvgIpc) is 1.97. The highest BCUT2D eigenvalue weighted by Crippen LogP contribution is 1.96.